The highest BCUT2D eigenvalue weighted by molar-refractivity contribution is 7.16. The van der Waals surface area contributed by atoms with Crippen LogP contribution in [0.5, 0.6) is 0 Å². The molecule has 0 aliphatic carbocycles. The molecule has 2 N–H and O–H groups in total. The lowest BCUT2D eigenvalue weighted by molar-refractivity contribution is -0.139. The third kappa shape index (κ3) is 4.30. The van der Waals surface area contributed by atoms with E-state index < -0.39 is 17.9 Å². The first-order valence-corrected chi connectivity index (χ1v) is 11.1. The number of amides is 1. The first kappa shape index (κ1) is 21.8. The van der Waals surface area contributed by atoms with Gasteiger partial charge in [0, 0.05) is 27.7 Å². The molecule has 6 nitrogen and oxygen atoms in total. The monoisotopic (exact) mass is 466 g/mol. The third-order valence-electron chi connectivity index (χ3n) is 5.19. The number of halogens is 1. The van der Waals surface area contributed by atoms with Gasteiger partial charge < -0.3 is 10.4 Å². The van der Waals surface area contributed by atoms with E-state index in [1.807, 2.05) is 24.3 Å². The largest absolute Gasteiger partial charge is 0.479 e. The average Bonchev–Trinajstić information content (AvgIpc) is 3.23. The van der Waals surface area contributed by atoms with E-state index in [0.29, 0.717) is 20.3 Å². The topological polar surface area (TPSA) is 88.4 Å². The highest BCUT2D eigenvalue weighted by Gasteiger charge is 2.24. The Morgan fingerprint density at radius 2 is 1.84 bits per heavy atom. The lowest BCUT2D eigenvalue weighted by Crippen LogP contribution is -2.33. The van der Waals surface area contributed by atoms with Crippen molar-refractivity contribution >= 4 is 45.6 Å². The molecular formula is C24H19ClN2O4S. The molecule has 162 valence electrons. The van der Waals surface area contributed by atoms with Crippen LogP contribution in [-0.4, -0.2) is 21.6 Å². The quantitative estimate of drug-likeness (QED) is 0.426. The van der Waals surface area contributed by atoms with E-state index in [4.69, 9.17) is 11.6 Å². The van der Waals surface area contributed by atoms with Crippen molar-refractivity contribution < 1.29 is 14.7 Å². The van der Waals surface area contributed by atoms with Crippen molar-refractivity contribution in [3.63, 3.8) is 0 Å². The molecule has 0 aliphatic heterocycles. The minimum Gasteiger partial charge on any atom is -0.479 e. The standard InChI is InChI=1S/C24H19ClN2O4S/c1-2-14-3-8-18-16(13-14)11-12-27(23(18)29)17-6-4-15(5-7-17)22(28)26-21(24(30)31)19-9-10-20(25)32-19/h3-13,21H,2H2,1H3,(H,26,28)(H,30,31). The molecular weight excluding hydrogens is 448 g/mol. The number of benzene rings is 2. The maximum absolute atomic E-state index is 12.9. The molecule has 0 aliphatic rings. The van der Waals surface area contributed by atoms with Crippen LogP contribution in [0.3, 0.4) is 0 Å². The summed E-state index contributed by atoms with van der Waals surface area (Å²) in [7, 11) is 0. The fourth-order valence-corrected chi connectivity index (χ4v) is 4.55. The maximum atomic E-state index is 12.9. The van der Waals surface area contributed by atoms with Crippen LogP contribution in [0.25, 0.3) is 16.5 Å². The van der Waals surface area contributed by atoms with E-state index in [1.165, 1.54) is 4.57 Å². The van der Waals surface area contributed by atoms with Gasteiger partial charge in [-0.3, -0.25) is 14.2 Å². The van der Waals surface area contributed by atoms with Gasteiger partial charge in [-0.15, -0.1) is 11.3 Å². The Morgan fingerprint density at radius 1 is 1.09 bits per heavy atom. The molecule has 4 rings (SSSR count). The average molecular weight is 467 g/mol. The molecule has 2 aromatic heterocycles. The second-order valence-electron chi connectivity index (χ2n) is 7.20. The van der Waals surface area contributed by atoms with Crippen molar-refractivity contribution in [3.05, 3.63) is 97.6 Å². The Bertz CT molecular complexity index is 1380. The van der Waals surface area contributed by atoms with Crippen molar-refractivity contribution in [3.8, 4) is 5.69 Å². The normalized spacial score (nSPS) is 11.9. The fraction of sp³-hybridized carbons (Fsp3) is 0.125. The van der Waals surface area contributed by atoms with Crippen molar-refractivity contribution in [2.75, 3.05) is 0 Å². The second kappa shape index (κ2) is 8.98. The molecule has 1 amide bonds. The summed E-state index contributed by atoms with van der Waals surface area (Å²) in [5, 5.41) is 13.5. The van der Waals surface area contributed by atoms with E-state index in [9.17, 15) is 19.5 Å². The number of hydrogen-bond acceptors (Lipinski definition) is 4. The van der Waals surface area contributed by atoms with Gasteiger partial charge in [0.25, 0.3) is 11.5 Å². The molecule has 32 heavy (non-hydrogen) atoms. The zero-order chi connectivity index (χ0) is 22.8. The molecule has 0 spiro atoms. The van der Waals surface area contributed by atoms with Gasteiger partial charge in [0.15, 0.2) is 6.04 Å². The van der Waals surface area contributed by atoms with Crippen LogP contribution in [0.4, 0.5) is 0 Å². The van der Waals surface area contributed by atoms with Gasteiger partial charge in [-0.05, 0) is 65.9 Å². The molecule has 8 heteroatoms. The first-order chi connectivity index (χ1) is 15.4. The van der Waals surface area contributed by atoms with Crippen LogP contribution in [0, 0.1) is 0 Å². The number of aryl methyl sites for hydroxylation is 1. The lowest BCUT2D eigenvalue weighted by Gasteiger charge is -2.13. The molecule has 1 atom stereocenters. The number of carboxylic acids is 1. The molecule has 2 heterocycles. The summed E-state index contributed by atoms with van der Waals surface area (Å²) < 4.78 is 1.96. The number of aliphatic carboxylic acids is 1. The SMILES string of the molecule is CCc1ccc2c(=O)n(-c3ccc(C(=O)NC(C(=O)O)c4ccc(Cl)s4)cc3)ccc2c1. The zero-order valence-electron chi connectivity index (χ0n) is 17.0. The summed E-state index contributed by atoms with van der Waals surface area (Å²) in [4.78, 5) is 37.6. The summed E-state index contributed by atoms with van der Waals surface area (Å²) in [6, 6.07) is 16.1. The number of fused-ring (bicyclic) bond motifs is 1. The minimum absolute atomic E-state index is 0.150. The number of nitrogens with zero attached hydrogens (tertiary/aromatic N) is 1. The molecule has 4 aromatic rings. The van der Waals surface area contributed by atoms with Gasteiger partial charge in [0.05, 0.1) is 4.34 Å². The highest BCUT2D eigenvalue weighted by Crippen LogP contribution is 2.27. The van der Waals surface area contributed by atoms with Gasteiger partial charge in [-0.2, -0.15) is 0 Å². The van der Waals surface area contributed by atoms with Crippen molar-refractivity contribution in [2.45, 2.75) is 19.4 Å². The van der Waals surface area contributed by atoms with Crippen LogP contribution in [0.1, 0.15) is 33.8 Å². The highest BCUT2D eigenvalue weighted by atomic mass is 35.5. The number of carboxylic acid groups (broad SMARTS) is 1. The molecule has 1 unspecified atom stereocenters. The number of carbonyl (C=O) groups is 2. The molecule has 0 saturated carbocycles. The van der Waals surface area contributed by atoms with Gasteiger partial charge in [0.2, 0.25) is 0 Å². The van der Waals surface area contributed by atoms with Crippen LogP contribution in [-0.2, 0) is 11.2 Å². The van der Waals surface area contributed by atoms with Crippen molar-refractivity contribution in [2.24, 2.45) is 0 Å². The van der Waals surface area contributed by atoms with Crippen LogP contribution in [0.2, 0.25) is 4.34 Å². The summed E-state index contributed by atoms with van der Waals surface area (Å²) in [5.41, 5.74) is 1.90. The molecule has 2 aromatic carbocycles. The fourth-order valence-electron chi connectivity index (χ4n) is 3.45. The molecule has 0 fully saturated rings. The van der Waals surface area contributed by atoms with Gasteiger partial charge >= 0.3 is 5.97 Å². The van der Waals surface area contributed by atoms with E-state index in [-0.39, 0.29) is 11.1 Å². The lowest BCUT2D eigenvalue weighted by atomic mass is 10.1. The number of rotatable bonds is 6. The number of nitrogens with one attached hydrogen (secondary N) is 1. The Labute approximate surface area is 192 Å². The van der Waals surface area contributed by atoms with Gasteiger partial charge in [0.1, 0.15) is 0 Å². The smallest absolute Gasteiger partial charge is 0.331 e. The molecule has 0 bridgehead atoms. The number of carbonyl (C=O) groups excluding carboxylic acids is 1. The first-order valence-electron chi connectivity index (χ1n) is 9.91. The minimum atomic E-state index is -1.20. The van der Waals surface area contributed by atoms with Crippen molar-refractivity contribution in [1.29, 1.82) is 0 Å². The summed E-state index contributed by atoms with van der Waals surface area (Å²) in [6.45, 7) is 2.06. The van der Waals surface area contributed by atoms with Gasteiger partial charge in [-0.1, -0.05) is 30.7 Å². The van der Waals surface area contributed by atoms with Crippen LogP contribution in [0.15, 0.2) is 71.7 Å². The predicted octanol–water partition coefficient (Wildman–Crippen LogP) is 4.82. The predicted molar refractivity (Wildman–Crippen MR) is 126 cm³/mol. The number of aromatic nitrogens is 1. The van der Waals surface area contributed by atoms with E-state index in [2.05, 4.69) is 12.2 Å². The van der Waals surface area contributed by atoms with Crippen molar-refractivity contribution in [1.82, 2.24) is 9.88 Å². The number of pyridine rings is 1. The second-order valence-corrected chi connectivity index (χ2v) is 8.95. The Kier molecular flexibility index (Phi) is 6.12. The van der Waals surface area contributed by atoms with Crippen LogP contribution < -0.4 is 10.9 Å². The summed E-state index contributed by atoms with van der Waals surface area (Å²) in [5.74, 6) is -1.71. The van der Waals surface area contributed by atoms with E-state index in [1.54, 1.807) is 42.6 Å². The zero-order valence-corrected chi connectivity index (χ0v) is 18.6. The Morgan fingerprint density at radius 3 is 2.47 bits per heavy atom. The number of hydrogen-bond donors (Lipinski definition) is 2. The van der Waals surface area contributed by atoms with E-state index >= 15 is 0 Å². The Hall–Kier alpha value is -3.42. The summed E-state index contributed by atoms with van der Waals surface area (Å²) in [6.07, 6.45) is 2.60. The number of thiophene rings is 1. The van der Waals surface area contributed by atoms with Crippen LogP contribution >= 0.6 is 22.9 Å². The Balaban J connectivity index is 1.59. The summed E-state index contributed by atoms with van der Waals surface area (Å²) >= 11 is 6.99. The van der Waals surface area contributed by atoms with E-state index in [0.717, 1.165) is 28.7 Å². The van der Waals surface area contributed by atoms with Gasteiger partial charge in [-0.25, -0.2) is 4.79 Å². The third-order valence-corrected chi connectivity index (χ3v) is 6.48. The maximum Gasteiger partial charge on any atom is 0.331 e. The molecule has 0 radical (unpaired) electrons. The molecule has 0 saturated heterocycles.